The highest BCUT2D eigenvalue weighted by atomic mass is 31.1. The SMILES string of the molecule is CCP(=N)=O. The molecular formula is C2H6NOP. The molecule has 5 heavy (non-hydrogen) atoms. The van der Waals surface area contributed by atoms with E-state index in [4.69, 9.17) is 5.16 Å². The van der Waals surface area contributed by atoms with Crippen molar-refractivity contribution in [1.29, 1.82) is 5.16 Å². The summed E-state index contributed by atoms with van der Waals surface area (Å²) in [4.78, 5) is 0. The number of rotatable bonds is 1. The zero-order valence-corrected chi connectivity index (χ0v) is 3.96. The molecule has 3 heteroatoms. The van der Waals surface area contributed by atoms with Gasteiger partial charge in [-0.1, -0.05) is 6.92 Å². The van der Waals surface area contributed by atoms with Crippen LogP contribution in [0.2, 0.25) is 0 Å². The Bertz CT molecular complexity index is 67.7. The van der Waals surface area contributed by atoms with Crippen LogP contribution in [0.15, 0.2) is 0 Å². The summed E-state index contributed by atoms with van der Waals surface area (Å²) in [5.74, 6) is 0. The van der Waals surface area contributed by atoms with E-state index >= 15 is 0 Å². The average molecular weight is 91.0 g/mol. The lowest BCUT2D eigenvalue weighted by atomic mass is 11.0. The van der Waals surface area contributed by atoms with E-state index < -0.39 is 7.59 Å². The minimum atomic E-state index is -1.60. The zero-order valence-electron chi connectivity index (χ0n) is 3.06. The summed E-state index contributed by atoms with van der Waals surface area (Å²) in [7, 11) is -1.60. The molecule has 0 saturated carbocycles. The number of nitrogens with one attached hydrogen (secondary N) is 1. The van der Waals surface area contributed by atoms with Crippen LogP contribution in [0.4, 0.5) is 0 Å². The Morgan fingerprint density at radius 2 is 2.20 bits per heavy atom. The topological polar surface area (TPSA) is 40.9 Å². The van der Waals surface area contributed by atoms with Crippen molar-refractivity contribution in [1.82, 2.24) is 0 Å². The van der Waals surface area contributed by atoms with E-state index in [1.54, 1.807) is 6.92 Å². The van der Waals surface area contributed by atoms with Gasteiger partial charge in [-0.2, -0.15) is 0 Å². The molecule has 0 heterocycles. The molecule has 0 amide bonds. The van der Waals surface area contributed by atoms with Crippen molar-refractivity contribution >= 4 is 7.59 Å². The summed E-state index contributed by atoms with van der Waals surface area (Å²) in [6.45, 7) is 1.73. The van der Waals surface area contributed by atoms with Gasteiger partial charge in [0.1, 0.15) is 0 Å². The number of hydrogen-bond donors (Lipinski definition) is 1. The monoisotopic (exact) mass is 91.0 g/mol. The van der Waals surface area contributed by atoms with Gasteiger partial charge in [-0.05, 0) is 0 Å². The molecule has 30 valence electrons. The summed E-state index contributed by atoms with van der Waals surface area (Å²) in [5, 5.41) is 6.34. The Labute approximate surface area is 31.5 Å². The van der Waals surface area contributed by atoms with Gasteiger partial charge in [0.15, 0.2) is 7.59 Å². The summed E-state index contributed by atoms with van der Waals surface area (Å²) in [5.41, 5.74) is 0. The molecule has 0 aromatic carbocycles. The average Bonchev–Trinajstić information content (AvgIpc) is 1.38. The Morgan fingerprint density at radius 3 is 2.20 bits per heavy atom. The van der Waals surface area contributed by atoms with E-state index in [-0.39, 0.29) is 0 Å². The predicted octanol–water partition coefficient (Wildman–Crippen LogP) is 1.60. The molecule has 0 spiro atoms. The van der Waals surface area contributed by atoms with Gasteiger partial charge in [0.25, 0.3) is 0 Å². The molecule has 0 aliphatic carbocycles. The van der Waals surface area contributed by atoms with Crippen molar-refractivity contribution in [2.75, 3.05) is 6.16 Å². The van der Waals surface area contributed by atoms with Gasteiger partial charge in [-0.15, -0.1) is 0 Å². The standard InChI is InChI=1S/C2H6NOP/c1-2-5(3)4/h3H,2H2,1H3. The highest BCUT2D eigenvalue weighted by Crippen LogP contribution is 1.98. The molecule has 0 saturated heterocycles. The van der Waals surface area contributed by atoms with Gasteiger partial charge in [0.2, 0.25) is 0 Å². The van der Waals surface area contributed by atoms with Gasteiger partial charge in [-0.25, -0.2) is 0 Å². The summed E-state index contributed by atoms with van der Waals surface area (Å²) >= 11 is 0. The molecular weight excluding hydrogens is 85.0 g/mol. The van der Waals surface area contributed by atoms with E-state index in [2.05, 4.69) is 0 Å². The lowest BCUT2D eigenvalue weighted by Crippen LogP contribution is -1.45. The van der Waals surface area contributed by atoms with Crippen LogP contribution >= 0.6 is 7.59 Å². The summed E-state index contributed by atoms with van der Waals surface area (Å²) in [6.07, 6.45) is 0.481. The lowest BCUT2D eigenvalue weighted by molar-refractivity contribution is 0.592. The molecule has 0 bridgehead atoms. The minimum Gasteiger partial charge on any atom is -0.262 e. The van der Waals surface area contributed by atoms with Gasteiger partial charge in [-0.3, -0.25) is 9.73 Å². The largest absolute Gasteiger partial charge is 0.262 e. The minimum absolute atomic E-state index is 0.481. The van der Waals surface area contributed by atoms with Crippen molar-refractivity contribution in [3.8, 4) is 0 Å². The summed E-state index contributed by atoms with van der Waals surface area (Å²) in [6, 6.07) is 0. The third-order valence-electron chi connectivity index (χ3n) is 0.287. The van der Waals surface area contributed by atoms with Crippen LogP contribution in [0.3, 0.4) is 0 Å². The highest BCUT2D eigenvalue weighted by molar-refractivity contribution is 7.32. The molecule has 1 N–H and O–H groups in total. The van der Waals surface area contributed by atoms with Crippen LogP contribution < -0.4 is 0 Å². The van der Waals surface area contributed by atoms with Gasteiger partial charge in [0.05, 0.1) is 0 Å². The first-order valence-corrected chi connectivity index (χ1v) is 2.87. The van der Waals surface area contributed by atoms with Crippen molar-refractivity contribution in [3.05, 3.63) is 0 Å². The first-order valence-electron chi connectivity index (χ1n) is 1.43. The quantitative estimate of drug-likeness (QED) is 0.489. The fraction of sp³-hybridized carbons (Fsp3) is 1.00. The zero-order chi connectivity index (χ0) is 4.28. The van der Waals surface area contributed by atoms with Crippen LogP contribution in [0, 0.1) is 5.16 Å². The molecule has 1 unspecified atom stereocenters. The molecule has 0 radical (unpaired) electrons. The molecule has 0 aromatic heterocycles. The molecule has 0 rings (SSSR count). The second-order valence-electron chi connectivity index (χ2n) is 0.695. The van der Waals surface area contributed by atoms with Gasteiger partial charge < -0.3 is 0 Å². The maximum atomic E-state index is 9.63. The van der Waals surface area contributed by atoms with E-state index in [1.807, 2.05) is 0 Å². The fourth-order valence-corrected chi connectivity index (χ4v) is 0. The van der Waals surface area contributed by atoms with E-state index in [9.17, 15) is 4.57 Å². The van der Waals surface area contributed by atoms with Crippen molar-refractivity contribution < 1.29 is 4.57 Å². The highest BCUT2D eigenvalue weighted by Gasteiger charge is 1.66. The number of hydrogen-bond acceptors (Lipinski definition) is 2. The van der Waals surface area contributed by atoms with E-state index in [0.717, 1.165) is 0 Å². The molecule has 2 nitrogen and oxygen atoms in total. The molecule has 0 fully saturated rings. The summed E-state index contributed by atoms with van der Waals surface area (Å²) < 4.78 is 9.63. The Hall–Kier alpha value is -0.100. The van der Waals surface area contributed by atoms with Crippen LogP contribution in [0.25, 0.3) is 0 Å². The second kappa shape index (κ2) is 2.16. The first kappa shape index (κ1) is 4.90. The van der Waals surface area contributed by atoms with Crippen molar-refractivity contribution in [2.45, 2.75) is 6.92 Å². The van der Waals surface area contributed by atoms with Crippen molar-refractivity contribution in [3.63, 3.8) is 0 Å². The van der Waals surface area contributed by atoms with Gasteiger partial charge >= 0.3 is 0 Å². The van der Waals surface area contributed by atoms with Gasteiger partial charge in [0, 0.05) is 6.16 Å². The third kappa shape index (κ3) is 3.90. The molecule has 0 aliphatic rings. The van der Waals surface area contributed by atoms with E-state index in [1.165, 1.54) is 0 Å². The Morgan fingerprint density at radius 1 is 2.00 bits per heavy atom. The van der Waals surface area contributed by atoms with Crippen LogP contribution in [-0.4, -0.2) is 6.16 Å². The molecule has 0 aromatic rings. The Balaban J connectivity index is 3.23. The lowest BCUT2D eigenvalue weighted by Gasteiger charge is -1.59. The van der Waals surface area contributed by atoms with Crippen molar-refractivity contribution in [2.24, 2.45) is 0 Å². The Kier molecular flexibility index (Phi) is 2.11. The van der Waals surface area contributed by atoms with Crippen LogP contribution in [-0.2, 0) is 4.57 Å². The van der Waals surface area contributed by atoms with E-state index in [0.29, 0.717) is 6.16 Å². The predicted molar refractivity (Wildman–Crippen MR) is 20.9 cm³/mol. The first-order chi connectivity index (χ1) is 2.27. The molecule has 0 aliphatic heterocycles. The second-order valence-corrected chi connectivity index (χ2v) is 2.08. The van der Waals surface area contributed by atoms with Crippen LogP contribution in [0.5, 0.6) is 0 Å². The maximum absolute atomic E-state index is 9.63. The fourth-order valence-electron chi connectivity index (χ4n) is 0. The maximum Gasteiger partial charge on any atom is 0.186 e. The van der Waals surface area contributed by atoms with Crippen LogP contribution in [0.1, 0.15) is 6.92 Å². The molecule has 1 atom stereocenters. The normalized spacial score (nSPS) is 11.0. The third-order valence-corrected chi connectivity index (χ3v) is 0.862. The smallest absolute Gasteiger partial charge is 0.186 e.